The van der Waals surface area contributed by atoms with Crippen LogP contribution in [-0.2, 0) is 10.9 Å². The highest BCUT2D eigenvalue weighted by atomic mass is 19.4. The van der Waals surface area contributed by atoms with Crippen LogP contribution >= 0.6 is 0 Å². The summed E-state index contributed by atoms with van der Waals surface area (Å²) in [6, 6.07) is 3.98. The number of hydrogen-bond acceptors (Lipinski definition) is 3. The van der Waals surface area contributed by atoms with Gasteiger partial charge in [0.15, 0.2) is 0 Å². The van der Waals surface area contributed by atoms with Gasteiger partial charge in [0.05, 0.1) is 11.6 Å². The molecule has 0 fully saturated rings. The summed E-state index contributed by atoms with van der Waals surface area (Å²) in [6.07, 6.45) is -5.30. The second-order valence-corrected chi connectivity index (χ2v) is 6.47. The van der Waals surface area contributed by atoms with E-state index in [-0.39, 0.29) is 5.92 Å². The molecule has 0 radical (unpaired) electrons. The van der Waals surface area contributed by atoms with Gasteiger partial charge in [-0.15, -0.1) is 0 Å². The Morgan fingerprint density at radius 1 is 1.13 bits per heavy atom. The van der Waals surface area contributed by atoms with Crippen molar-refractivity contribution in [3.63, 3.8) is 0 Å². The standard InChI is InChI=1S/C16H22F3NO3/c1-10(11(2)20(22)14(21)23-15(3,4)5)12-6-8-13(9-7-12)16(17,18)19/h6-11,22H,1-5H3. The lowest BCUT2D eigenvalue weighted by atomic mass is 9.93. The van der Waals surface area contributed by atoms with Crippen LogP contribution in [0.2, 0.25) is 0 Å². The maximum atomic E-state index is 12.6. The number of hydrogen-bond donors (Lipinski definition) is 1. The fourth-order valence-electron chi connectivity index (χ4n) is 1.94. The molecule has 0 bridgehead atoms. The molecule has 0 aliphatic heterocycles. The van der Waals surface area contributed by atoms with E-state index in [4.69, 9.17) is 4.74 Å². The molecule has 2 unspecified atom stereocenters. The first-order chi connectivity index (χ1) is 10.3. The second-order valence-electron chi connectivity index (χ2n) is 6.47. The number of halogens is 3. The van der Waals surface area contributed by atoms with Crippen molar-refractivity contribution in [3.05, 3.63) is 35.4 Å². The molecule has 0 aliphatic carbocycles. The zero-order chi connectivity index (χ0) is 18.0. The Morgan fingerprint density at radius 2 is 1.61 bits per heavy atom. The van der Waals surface area contributed by atoms with Gasteiger partial charge in [-0.1, -0.05) is 19.1 Å². The van der Waals surface area contributed by atoms with Crippen molar-refractivity contribution < 1.29 is 27.9 Å². The lowest BCUT2D eigenvalue weighted by Crippen LogP contribution is -2.42. The first-order valence-electron chi connectivity index (χ1n) is 7.21. The largest absolute Gasteiger partial charge is 0.442 e. The third-order valence-corrected chi connectivity index (χ3v) is 3.45. The summed E-state index contributed by atoms with van der Waals surface area (Å²) in [7, 11) is 0. The lowest BCUT2D eigenvalue weighted by molar-refractivity contribution is -0.137. The molecule has 0 heterocycles. The normalized spacial score (nSPS) is 15.0. The number of rotatable bonds is 3. The monoisotopic (exact) mass is 333 g/mol. The van der Waals surface area contributed by atoms with Crippen LogP contribution in [0.4, 0.5) is 18.0 Å². The summed E-state index contributed by atoms with van der Waals surface area (Å²) < 4.78 is 42.7. The van der Waals surface area contributed by atoms with Gasteiger partial charge in [0, 0.05) is 5.92 Å². The van der Waals surface area contributed by atoms with Crippen LogP contribution in [-0.4, -0.2) is 28.0 Å². The summed E-state index contributed by atoms with van der Waals surface area (Å²) in [5, 5.41) is 10.4. The molecule has 0 aromatic heterocycles. The van der Waals surface area contributed by atoms with Crippen LogP contribution in [0, 0.1) is 0 Å². The summed E-state index contributed by atoms with van der Waals surface area (Å²) in [5.41, 5.74) is -0.919. The number of benzene rings is 1. The molecule has 7 heteroatoms. The van der Waals surface area contributed by atoms with E-state index >= 15 is 0 Å². The van der Waals surface area contributed by atoms with Gasteiger partial charge < -0.3 is 4.74 Å². The fraction of sp³-hybridized carbons (Fsp3) is 0.562. The Balaban J connectivity index is 2.83. The maximum Gasteiger partial charge on any atom is 0.434 e. The minimum absolute atomic E-state index is 0.380. The molecule has 2 atom stereocenters. The lowest BCUT2D eigenvalue weighted by Gasteiger charge is -2.30. The van der Waals surface area contributed by atoms with E-state index in [0.29, 0.717) is 10.6 Å². The van der Waals surface area contributed by atoms with Gasteiger partial charge in [0.25, 0.3) is 0 Å². The zero-order valence-corrected chi connectivity index (χ0v) is 13.8. The number of amides is 1. The van der Waals surface area contributed by atoms with Crippen molar-refractivity contribution in [3.8, 4) is 0 Å². The number of hydroxylamine groups is 2. The van der Waals surface area contributed by atoms with Gasteiger partial charge in [0.1, 0.15) is 5.60 Å². The van der Waals surface area contributed by atoms with Crippen LogP contribution in [0.5, 0.6) is 0 Å². The third kappa shape index (κ3) is 5.42. The Morgan fingerprint density at radius 3 is 2.00 bits per heavy atom. The minimum atomic E-state index is -4.40. The van der Waals surface area contributed by atoms with Gasteiger partial charge in [-0.2, -0.15) is 18.2 Å². The summed E-state index contributed by atoms with van der Waals surface area (Å²) in [6.45, 7) is 8.31. The number of nitrogens with zero attached hydrogens (tertiary/aromatic N) is 1. The highest BCUT2D eigenvalue weighted by Gasteiger charge is 2.31. The van der Waals surface area contributed by atoms with E-state index in [2.05, 4.69) is 0 Å². The molecule has 130 valence electrons. The number of carbonyl (C=O) groups is 1. The molecule has 0 saturated carbocycles. The summed E-state index contributed by atoms with van der Waals surface area (Å²) in [5.74, 6) is -0.380. The topological polar surface area (TPSA) is 49.8 Å². The van der Waals surface area contributed by atoms with Gasteiger partial charge in [-0.05, 0) is 45.4 Å². The molecule has 0 spiro atoms. The first-order valence-corrected chi connectivity index (χ1v) is 7.21. The highest BCUT2D eigenvalue weighted by molar-refractivity contribution is 5.67. The molecule has 1 aromatic rings. The average Bonchev–Trinajstić information content (AvgIpc) is 2.42. The molecule has 0 aliphatic rings. The van der Waals surface area contributed by atoms with Crippen LogP contribution in [0.25, 0.3) is 0 Å². The van der Waals surface area contributed by atoms with Crippen molar-refractivity contribution in [1.82, 2.24) is 5.06 Å². The van der Waals surface area contributed by atoms with Gasteiger partial charge >= 0.3 is 12.3 Å². The molecule has 23 heavy (non-hydrogen) atoms. The van der Waals surface area contributed by atoms with Crippen molar-refractivity contribution in [2.45, 2.75) is 58.4 Å². The van der Waals surface area contributed by atoms with E-state index in [0.717, 1.165) is 12.1 Å². The predicted molar refractivity (Wildman–Crippen MR) is 79.2 cm³/mol. The minimum Gasteiger partial charge on any atom is -0.442 e. The SMILES string of the molecule is CC(c1ccc(C(F)(F)F)cc1)C(C)N(O)C(=O)OC(C)(C)C. The molecular weight excluding hydrogens is 311 g/mol. The second kappa shape index (κ2) is 6.78. The number of alkyl halides is 3. The van der Waals surface area contributed by atoms with E-state index < -0.39 is 29.5 Å². The van der Waals surface area contributed by atoms with Crippen LogP contribution in [0.15, 0.2) is 24.3 Å². The quantitative estimate of drug-likeness (QED) is 0.637. The van der Waals surface area contributed by atoms with Crippen molar-refractivity contribution in [1.29, 1.82) is 0 Å². The molecule has 1 rings (SSSR count). The Labute approximate surface area is 133 Å². The average molecular weight is 333 g/mol. The molecule has 0 saturated heterocycles. The van der Waals surface area contributed by atoms with E-state index in [1.54, 1.807) is 34.6 Å². The predicted octanol–water partition coefficient (Wildman–Crippen LogP) is 4.82. The highest BCUT2D eigenvalue weighted by Crippen LogP contribution is 2.31. The molecule has 1 N–H and O–H groups in total. The zero-order valence-electron chi connectivity index (χ0n) is 13.8. The van der Waals surface area contributed by atoms with E-state index in [1.165, 1.54) is 12.1 Å². The fourth-order valence-corrected chi connectivity index (χ4v) is 1.94. The van der Waals surface area contributed by atoms with Gasteiger partial charge in [-0.25, -0.2) is 4.79 Å². The summed E-state index contributed by atoms with van der Waals surface area (Å²) >= 11 is 0. The Bertz CT molecular complexity index is 535. The van der Waals surface area contributed by atoms with Crippen molar-refractivity contribution in [2.24, 2.45) is 0 Å². The van der Waals surface area contributed by atoms with Crippen LogP contribution < -0.4 is 0 Å². The van der Waals surface area contributed by atoms with E-state index in [1.807, 2.05) is 0 Å². The molecule has 1 amide bonds. The first kappa shape index (κ1) is 19.3. The van der Waals surface area contributed by atoms with Crippen LogP contribution in [0.1, 0.15) is 51.7 Å². The van der Waals surface area contributed by atoms with Crippen molar-refractivity contribution >= 4 is 6.09 Å². The third-order valence-electron chi connectivity index (χ3n) is 3.45. The smallest absolute Gasteiger partial charge is 0.434 e. The van der Waals surface area contributed by atoms with Gasteiger partial charge in [0.2, 0.25) is 0 Å². The number of ether oxygens (including phenoxy) is 1. The molecule has 1 aromatic carbocycles. The Kier molecular flexibility index (Phi) is 5.69. The Hall–Kier alpha value is -1.76. The van der Waals surface area contributed by atoms with Crippen molar-refractivity contribution in [2.75, 3.05) is 0 Å². The molecular formula is C16H22F3NO3. The maximum absolute atomic E-state index is 12.6. The number of carbonyl (C=O) groups excluding carboxylic acids is 1. The van der Waals surface area contributed by atoms with E-state index in [9.17, 15) is 23.2 Å². The molecule has 4 nitrogen and oxygen atoms in total. The van der Waals surface area contributed by atoms with Crippen LogP contribution in [0.3, 0.4) is 0 Å². The van der Waals surface area contributed by atoms with Gasteiger partial charge in [-0.3, -0.25) is 5.21 Å². The summed E-state index contributed by atoms with van der Waals surface area (Å²) in [4.78, 5) is 11.8.